The van der Waals surface area contributed by atoms with Crippen molar-refractivity contribution in [1.82, 2.24) is 4.90 Å². The van der Waals surface area contributed by atoms with Crippen molar-refractivity contribution in [2.75, 3.05) is 13.1 Å². The molecule has 2 unspecified atom stereocenters. The summed E-state index contributed by atoms with van der Waals surface area (Å²) in [4.78, 5) is 14.3. The smallest absolute Gasteiger partial charge is 0.239 e. The van der Waals surface area contributed by atoms with Crippen molar-refractivity contribution in [3.63, 3.8) is 0 Å². The third kappa shape index (κ3) is 5.40. The fourth-order valence-electron chi connectivity index (χ4n) is 2.71. The summed E-state index contributed by atoms with van der Waals surface area (Å²) in [5.74, 6) is 1.23. The van der Waals surface area contributed by atoms with Gasteiger partial charge in [0.1, 0.15) is 11.9 Å². The second-order valence-corrected chi connectivity index (χ2v) is 6.37. The van der Waals surface area contributed by atoms with Crippen LogP contribution < -0.4 is 10.5 Å². The number of carbonyl (C=O) groups excluding carboxylic acids is 1. The Hall–Kier alpha value is -1.26. The third-order valence-corrected chi connectivity index (χ3v) is 4.62. The molecule has 23 heavy (non-hydrogen) atoms. The minimum atomic E-state index is -0.375. The molecule has 1 aliphatic rings. The van der Waals surface area contributed by atoms with E-state index in [1.165, 1.54) is 5.56 Å². The second kappa shape index (κ2) is 9.14. The summed E-state index contributed by atoms with van der Waals surface area (Å²) in [5.41, 5.74) is 7.28. The van der Waals surface area contributed by atoms with Crippen LogP contribution in [0.25, 0.3) is 0 Å². The van der Waals surface area contributed by atoms with Crippen LogP contribution in [0, 0.1) is 12.8 Å². The Balaban J connectivity index is 0.00000264. The number of halogens is 1. The Morgan fingerprint density at radius 1 is 1.30 bits per heavy atom. The van der Waals surface area contributed by atoms with Gasteiger partial charge < -0.3 is 15.4 Å². The molecule has 5 heteroatoms. The number of nitrogens with two attached hydrogens (primary N) is 1. The summed E-state index contributed by atoms with van der Waals surface area (Å²) < 4.78 is 6.00. The van der Waals surface area contributed by atoms with Gasteiger partial charge in [0.25, 0.3) is 0 Å². The minimum absolute atomic E-state index is 0. The number of aryl methyl sites for hydroxylation is 1. The maximum atomic E-state index is 12.4. The number of amides is 1. The molecule has 1 amide bonds. The zero-order chi connectivity index (χ0) is 16.1. The SMILES string of the molecule is CCC(C)C(N)C(=O)N1CCC(Oc2ccc(C)cc2)CC1.Cl. The summed E-state index contributed by atoms with van der Waals surface area (Å²) in [6.45, 7) is 7.64. The fourth-order valence-corrected chi connectivity index (χ4v) is 2.71. The number of nitrogens with zero attached hydrogens (tertiary/aromatic N) is 1. The summed E-state index contributed by atoms with van der Waals surface area (Å²) in [5, 5.41) is 0. The molecule has 0 aromatic heterocycles. The lowest BCUT2D eigenvalue weighted by Gasteiger charge is -2.34. The zero-order valence-electron chi connectivity index (χ0n) is 14.3. The van der Waals surface area contributed by atoms with Crippen molar-refractivity contribution in [1.29, 1.82) is 0 Å². The van der Waals surface area contributed by atoms with Crippen molar-refractivity contribution in [3.05, 3.63) is 29.8 Å². The van der Waals surface area contributed by atoms with Crippen LogP contribution in [0.15, 0.2) is 24.3 Å². The molecule has 1 heterocycles. The minimum Gasteiger partial charge on any atom is -0.490 e. The Bertz CT molecular complexity index is 484. The summed E-state index contributed by atoms with van der Waals surface area (Å²) in [6.07, 6.45) is 2.85. The van der Waals surface area contributed by atoms with Gasteiger partial charge in [-0.2, -0.15) is 0 Å². The van der Waals surface area contributed by atoms with E-state index in [1.54, 1.807) is 0 Å². The number of hydrogen-bond acceptors (Lipinski definition) is 3. The predicted octanol–water partition coefficient (Wildman–Crippen LogP) is 3.16. The highest BCUT2D eigenvalue weighted by Gasteiger charge is 2.29. The largest absolute Gasteiger partial charge is 0.490 e. The van der Waals surface area contributed by atoms with Gasteiger partial charge in [-0.1, -0.05) is 38.0 Å². The van der Waals surface area contributed by atoms with Crippen LogP contribution in [0.3, 0.4) is 0 Å². The molecule has 1 saturated heterocycles. The van der Waals surface area contributed by atoms with Gasteiger partial charge in [0, 0.05) is 25.9 Å². The van der Waals surface area contributed by atoms with Gasteiger partial charge >= 0.3 is 0 Å². The first-order valence-electron chi connectivity index (χ1n) is 8.29. The van der Waals surface area contributed by atoms with Crippen molar-refractivity contribution in [3.8, 4) is 5.75 Å². The van der Waals surface area contributed by atoms with E-state index in [-0.39, 0.29) is 36.4 Å². The second-order valence-electron chi connectivity index (χ2n) is 6.37. The first-order valence-corrected chi connectivity index (χ1v) is 8.29. The lowest BCUT2D eigenvalue weighted by atomic mass is 9.97. The van der Waals surface area contributed by atoms with Gasteiger partial charge in [0.2, 0.25) is 5.91 Å². The molecule has 2 rings (SSSR count). The van der Waals surface area contributed by atoms with Crippen molar-refractivity contribution < 1.29 is 9.53 Å². The van der Waals surface area contributed by atoms with Crippen molar-refractivity contribution >= 4 is 18.3 Å². The van der Waals surface area contributed by atoms with Crippen LogP contribution in [-0.4, -0.2) is 36.0 Å². The Morgan fingerprint density at radius 2 is 1.87 bits per heavy atom. The summed E-state index contributed by atoms with van der Waals surface area (Å²) in [7, 11) is 0. The fraction of sp³-hybridized carbons (Fsp3) is 0.611. The number of hydrogen-bond donors (Lipinski definition) is 1. The van der Waals surface area contributed by atoms with Gasteiger partial charge in [-0.15, -0.1) is 12.4 Å². The normalized spacial score (nSPS) is 18.0. The number of piperidine rings is 1. The summed E-state index contributed by atoms with van der Waals surface area (Å²) >= 11 is 0. The van der Waals surface area contributed by atoms with Gasteiger partial charge in [-0.3, -0.25) is 4.79 Å². The number of ether oxygens (including phenoxy) is 1. The highest BCUT2D eigenvalue weighted by molar-refractivity contribution is 5.85. The van der Waals surface area contributed by atoms with Crippen LogP contribution in [0.2, 0.25) is 0 Å². The lowest BCUT2D eigenvalue weighted by Crippen LogP contribution is -2.50. The number of rotatable bonds is 5. The van der Waals surface area contributed by atoms with Gasteiger partial charge in [-0.25, -0.2) is 0 Å². The van der Waals surface area contributed by atoms with E-state index in [4.69, 9.17) is 10.5 Å². The Morgan fingerprint density at radius 3 is 2.39 bits per heavy atom. The van der Waals surface area contributed by atoms with Gasteiger partial charge in [0.15, 0.2) is 0 Å². The van der Waals surface area contributed by atoms with E-state index < -0.39 is 0 Å². The van der Waals surface area contributed by atoms with Crippen LogP contribution in [0.4, 0.5) is 0 Å². The number of carbonyl (C=O) groups is 1. The standard InChI is InChI=1S/C18H28N2O2.ClH/c1-4-14(3)17(19)18(21)20-11-9-16(10-12-20)22-15-7-5-13(2)6-8-15;/h5-8,14,16-17H,4,9-12,19H2,1-3H3;1H. The maximum Gasteiger partial charge on any atom is 0.239 e. The van der Waals surface area contributed by atoms with Crippen molar-refractivity contribution in [2.24, 2.45) is 11.7 Å². The van der Waals surface area contributed by atoms with Crippen LogP contribution in [-0.2, 0) is 4.79 Å². The van der Waals surface area contributed by atoms with E-state index in [0.29, 0.717) is 0 Å². The molecular weight excluding hydrogens is 312 g/mol. The molecule has 0 radical (unpaired) electrons. The zero-order valence-corrected chi connectivity index (χ0v) is 15.1. The molecule has 1 aromatic rings. The molecular formula is C18H29ClN2O2. The number of benzene rings is 1. The highest BCUT2D eigenvalue weighted by atomic mass is 35.5. The molecule has 2 atom stereocenters. The van der Waals surface area contributed by atoms with E-state index in [1.807, 2.05) is 24.0 Å². The quantitative estimate of drug-likeness (QED) is 0.895. The monoisotopic (exact) mass is 340 g/mol. The summed E-state index contributed by atoms with van der Waals surface area (Å²) in [6, 6.07) is 7.75. The Labute approximate surface area is 145 Å². The molecule has 0 spiro atoms. The highest BCUT2D eigenvalue weighted by Crippen LogP contribution is 2.20. The molecule has 2 N–H and O–H groups in total. The average Bonchev–Trinajstić information content (AvgIpc) is 2.55. The molecule has 0 bridgehead atoms. The van der Waals surface area contributed by atoms with E-state index in [2.05, 4.69) is 26.0 Å². The van der Waals surface area contributed by atoms with E-state index >= 15 is 0 Å². The maximum absolute atomic E-state index is 12.4. The van der Waals surface area contributed by atoms with E-state index in [9.17, 15) is 4.79 Å². The Kier molecular flexibility index (Phi) is 7.86. The molecule has 130 valence electrons. The first-order chi connectivity index (χ1) is 10.5. The van der Waals surface area contributed by atoms with E-state index in [0.717, 1.165) is 38.1 Å². The van der Waals surface area contributed by atoms with Crippen molar-refractivity contribution in [2.45, 2.75) is 52.2 Å². The number of likely N-dealkylation sites (tertiary alicyclic amines) is 1. The first kappa shape index (κ1) is 19.8. The lowest BCUT2D eigenvalue weighted by molar-refractivity contribution is -0.135. The van der Waals surface area contributed by atoms with Crippen LogP contribution in [0.1, 0.15) is 38.7 Å². The predicted molar refractivity (Wildman–Crippen MR) is 96.1 cm³/mol. The molecule has 0 saturated carbocycles. The molecule has 4 nitrogen and oxygen atoms in total. The molecule has 1 aliphatic heterocycles. The topological polar surface area (TPSA) is 55.6 Å². The molecule has 1 aromatic carbocycles. The van der Waals surface area contributed by atoms with Gasteiger partial charge in [0.05, 0.1) is 6.04 Å². The molecule has 1 fully saturated rings. The average molecular weight is 341 g/mol. The third-order valence-electron chi connectivity index (χ3n) is 4.62. The van der Waals surface area contributed by atoms with Crippen LogP contribution >= 0.6 is 12.4 Å². The molecule has 0 aliphatic carbocycles. The van der Waals surface area contributed by atoms with Crippen LogP contribution in [0.5, 0.6) is 5.75 Å². The van der Waals surface area contributed by atoms with Gasteiger partial charge in [-0.05, 0) is 25.0 Å².